The van der Waals surface area contributed by atoms with E-state index >= 15 is 0 Å². The van der Waals surface area contributed by atoms with Crippen molar-refractivity contribution in [3.8, 4) is 0 Å². The SMILES string of the molecule is CC(C)C1(C)COC2(CCCCC2)OC1. The summed E-state index contributed by atoms with van der Waals surface area (Å²) in [6.45, 7) is 8.51. The molecule has 88 valence electrons. The molecule has 0 unspecified atom stereocenters. The number of hydrogen-bond acceptors (Lipinski definition) is 2. The Hall–Kier alpha value is -0.0800. The van der Waals surface area contributed by atoms with Gasteiger partial charge in [-0.15, -0.1) is 0 Å². The lowest BCUT2D eigenvalue weighted by molar-refractivity contribution is -0.318. The molecule has 0 aromatic carbocycles. The van der Waals surface area contributed by atoms with Crippen molar-refractivity contribution >= 4 is 0 Å². The number of hydrogen-bond donors (Lipinski definition) is 0. The molecule has 0 atom stereocenters. The van der Waals surface area contributed by atoms with Gasteiger partial charge in [0, 0.05) is 18.3 Å². The van der Waals surface area contributed by atoms with Gasteiger partial charge in [0.1, 0.15) is 0 Å². The van der Waals surface area contributed by atoms with E-state index in [1.54, 1.807) is 0 Å². The fourth-order valence-electron chi connectivity index (χ4n) is 2.39. The van der Waals surface area contributed by atoms with E-state index in [1.165, 1.54) is 19.3 Å². The van der Waals surface area contributed by atoms with Crippen molar-refractivity contribution in [2.75, 3.05) is 13.2 Å². The van der Waals surface area contributed by atoms with Crippen molar-refractivity contribution in [1.82, 2.24) is 0 Å². The molecule has 0 radical (unpaired) electrons. The van der Waals surface area contributed by atoms with E-state index in [-0.39, 0.29) is 11.2 Å². The summed E-state index contributed by atoms with van der Waals surface area (Å²) in [5.41, 5.74) is 0.211. The van der Waals surface area contributed by atoms with E-state index in [2.05, 4.69) is 20.8 Å². The first-order valence-corrected chi connectivity index (χ1v) is 6.34. The predicted octanol–water partition coefficient (Wildman–Crippen LogP) is 3.36. The second kappa shape index (κ2) is 4.06. The van der Waals surface area contributed by atoms with Crippen LogP contribution in [0.15, 0.2) is 0 Å². The average molecular weight is 212 g/mol. The van der Waals surface area contributed by atoms with Crippen LogP contribution in [-0.2, 0) is 9.47 Å². The zero-order valence-electron chi connectivity index (χ0n) is 10.3. The van der Waals surface area contributed by atoms with Crippen LogP contribution in [0.25, 0.3) is 0 Å². The maximum atomic E-state index is 6.06. The normalized spacial score (nSPS) is 29.6. The van der Waals surface area contributed by atoms with Crippen molar-refractivity contribution in [2.24, 2.45) is 11.3 Å². The molecule has 1 heterocycles. The molecule has 2 nitrogen and oxygen atoms in total. The minimum Gasteiger partial charge on any atom is -0.349 e. The van der Waals surface area contributed by atoms with E-state index in [0.717, 1.165) is 26.1 Å². The van der Waals surface area contributed by atoms with Crippen LogP contribution < -0.4 is 0 Å². The van der Waals surface area contributed by atoms with E-state index in [1.807, 2.05) is 0 Å². The summed E-state index contributed by atoms with van der Waals surface area (Å²) in [5, 5.41) is 0. The Morgan fingerprint density at radius 3 is 1.93 bits per heavy atom. The standard InChI is InChI=1S/C13H24O2/c1-11(2)12(3)9-14-13(15-10-12)7-5-4-6-8-13/h11H,4-10H2,1-3H3. The maximum absolute atomic E-state index is 6.06. The van der Waals surface area contributed by atoms with Crippen LogP contribution in [0.1, 0.15) is 52.9 Å². The Kier molecular flexibility index (Phi) is 3.09. The van der Waals surface area contributed by atoms with Crippen molar-refractivity contribution in [3.05, 3.63) is 0 Å². The highest BCUT2D eigenvalue weighted by Gasteiger charge is 2.44. The number of rotatable bonds is 1. The Labute approximate surface area is 93.3 Å². The molecule has 1 aliphatic heterocycles. The topological polar surface area (TPSA) is 18.5 Å². The van der Waals surface area contributed by atoms with Gasteiger partial charge in [-0.2, -0.15) is 0 Å². The molecule has 1 saturated carbocycles. The van der Waals surface area contributed by atoms with Crippen LogP contribution >= 0.6 is 0 Å². The second-order valence-electron chi connectivity index (χ2n) is 5.86. The van der Waals surface area contributed by atoms with Crippen LogP contribution in [0.3, 0.4) is 0 Å². The molecule has 15 heavy (non-hydrogen) atoms. The molecular weight excluding hydrogens is 188 g/mol. The fraction of sp³-hybridized carbons (Fsp3) is 1.00. The van der Waals surface area contributed by atoms with Crippen LogP contribution in [-0.4, -0.2) is 19.0 Å². The molecule has 2 fully saturated rings. The predicted molar refractivity (Wildman–Crippen MR) is 60.7 cm³/mol. The maximum Gasteiger partial charge on any atom is 0.168 e. The van der Waals surface area contributed by atoms with Crippen molar-refractivity contribution in [1.29, 1.82) is 0 Å². The molecule has 0 aromatic heterocycles. The summed E-state index contributed by atoms with van der Waals surface area (Å²) in [4.78, 5) is 0. The second-order valence-corrected chi connectivity index (χ2v) is 5.86. The Bertz CT molecular complexity index is 207. The van der Waals surface area contributed by atoms with Crippen LogP contribution in [0, 0.1) is 11.3 Å². The van der Waals surface area contributed by atoms with Gasteiger partial charge in [-0.05, 0) is 18.8 Å². The third-order valence-corrected chi connectivity index (χ3v) is 4.34. The molecule has 2 heteroatoms. The van der Waals surface area contributed by atoms with Gasteiger partial charge in [0.05, 0.1) is 13.2 Å². The molecule has 0 bridgehead atoms. The van der Waals surface area contributed by atoms with Gasteiger partial charge in [-0.25, -0.2) is 0 Å². The van der Waals surface area contributed by atoms with Gasteiger partial charge in [0.2, 0.25) is 0 Å². The smallest absolute Gasteiger partial charge is 0.168 e. The molecule has 2 rings (SSSR count). The lowest BCUT2D eigenvalue weighted by Gasteiger charge is -2.48. The minimum absolute atomic E-state index is 0.202. The lowest BCUT2D eigenvalue weighted by atomic mass is 9.79. The van der Waals surface area contributed by atoms with E-state index in [9.17, 15) is 0 Å². The Morgan fingerprint density at radius 1 is 0.933 bits per heavy atom. The zero-order chi connectivity index (χ0) is 10.9. The summed E-state index contributed by atoms with van der Waals surface area (Å²) in [7, 11) is 0. The Balaban J connectivity index is 1.96. The summed E-state index contributed by atoms with van der Waals surface area (Å²) >= 11 is 0. The van der Waals surface area contributed by atoms with Crippen molar-refractivity contribution < 1.29 is 9.47 Å². The summed E-state index contributed by atoms with van der Waals surface area (Å²) < 4.78 is 12.1. The quantitative estimate of drug-likeness (QED) is 0.663. The van der Waals surface area contributed by atoms with E-state index in [0.29, 0.717) is 5.92 Å². The summed E-state index contributed by atoms with van der Waals surface area (Å²) in [6, 6.07) is 0. The molecule has 2 aliphatic rings. The molecule has 0 aromatic rings. The average Bonchev–Trinajstić information content (AvgIpc) is 2.24. The molecule has 0 N–H and O–H groups in total. The van der Waals surface area contributed by atoms with Crippen LogP contribution in [0.2, 0.25) is 0 Å². The van der Waals surface area contributed by atoms with Gasteiger partial charge in [0.25, 0.3) is 0 Å². The van der Waals surface area contributed by atoms with Gasteiger partial charge in [-0.1, -0.05) is 27.2 Å². The largest absolute Gasteiger partial charge is 0.349 e. The molecular formula is C13H24O2. The highest BCUT2D eigenvalue weighted by molar-refractivity contribution is 4.86. The molecule has 1 saturated heterocycles. The highest BCUT2D eigenvalue weighted by Crippen LogP contribution is 2.41. The monoisotopic (exact) mass is 212 g/mol. The first-order valence-electron chi connectivity index (χ1n) is 6.34. The first-order chi connectivity index (χ1) is 7.06. The zero-order valence-corrected chi connectivity index (χ0v) is 10.3. The minimum atomic E-state index is -0.202. The van der Waals surface area contributed by atoms with E-state index in [4.69, 9.17) is 9.47 Å². The van der Waals surface area contributed by atoms with Gasteiger partial charge >= 0.3 is 0 Å². The molecule has 0 amide bonds. The third-order valence-electron chi connectivity index (χ3n) is 4.34. The van der Waals surface area contributed by atoms with Gasteiger partial charge in [0.15, 0.2) is 5.79 Å². The highest BCUT2D eigenvalue weighted by atomic mass is 16.7. The van der Waals surface area contributed by atoms with Crippen molar-refractivity contribution in [2.45, 2.75) is 58.7 Å². The van der Waals surface area contributed by atoms with Crippen LogP contribution in [0.5, 0.6) is 0 Å². The first kappa shape index (κ1) is 11.4. The van der Waals surface area contributed by atoms with Gasteiger partial charge < -0.3 is 9.47 Å². The van der Waals surface area contributed by atoms with E-state index < -0.39 is 0 Å². The number of ether oxygens (including phenoxy) is 2. The van der Waals surface area contributed by atoms with Gasteiger partial charge in [-0.3, -0.25) is 0 Å². The summed E-state index contributed by atoms with van der Waals surface area (Å²) in [6.07, 6.45) is 6.06. The summed E-state index contributed by atoms with van der Waals surface area (Å²) in [5.74, 6) is 0.422. The van der Waals surface area contributed by atoms with Crippen molar-refractivity contribution in [3.63, 3.8) is 0 Å². The van der Waals surface area contributed by atoms with Crippen LogP contribution in [0.4, 0.5) is 0 Å². The fourth-order valence-corrected chi connectivity index (χ4v) is 2.39. The molecule has 1 aliphatic carbocycles. The lowest BCUT2D eigenvalue weighted by Crippen LogP contribution is -2.51. The molecule has 1 spiro atoms. The Morgan fingerprint density at radius 2 is 1.47 bits per heavy atom. The third kappa shape index (κ3) is 2.21.